The number of nitrogens with one attached hydrogen (secondary N) is 1. The standard InChI is InChI=1S/C13H28N2/c1-10(2)13(14-5)9-15-11(3)7-6-8-12(15)4/h10-14H,6-9H2,1-5H3/t11-,12+,13?. The van der Waals surface area contributed by atoms with Crippen molar-refractivity contribution in [3.63, 3.8) is 0 Å². The van der Waals surface area contributed by atoms with Gasteiger partial charge in [0.25, 0.3) is 0 Å². The average Bonchev–Trinajstić information content (AvgIpc) is 2.17. The second-order valence-corrected chi connectivity index (χ2v) is 5.46. The molecule has 0 bridgehead atoms. The molecular weight excluding hydrogens is 184 g/mol. The normalized spacial score (nSPS) is 30.8. The van der Waals surface area contributed by atoms with E-state index in [0.717, 1.165) is 18.0 Å². The summed E-state index contributed by atoms with van der Waals surface area (Å²) in [7, 11) is 2.09. The van der Waals surface area contributed by atoms with E-state index in [2.05, 4.69) is 45.0 Å². The highest BCUT2D eigenvalue weighted by Crippen LogP contribution is 2.23. The van der Waals surface area contributed by atoms with Crippen LogP contribution in [0.3, 0.4) is 0 Å². The van der Waals surface area contributed by atoms with Gasteiger partial charge in [-0.1, -0.05) is 20.3 Å². The Bertz CT molecular complexity index is 169. The highest BCUT2D eigenvalue weighted by Gasteiger charge is 2.27. The van der Waals surface area contributed by atoms with Crippen LogP contribution in [0.5, 0.6) is 0 Å². The number of piperidine rings is 1. The maximum Gasteiger partial charge on any atom is 0.0215 e. The van der Waals surface area contributed by atoms with Gasteiger partial charge in [0.05, 0.1) is 0 Å². The first-order chi connectivity index (χ1) is 7.06. The van der Waals surface area contributed by atoms with Crippen molar-refractivity contribution in [2.24, 2.45) is 5.92 Å². The van der Waals surface area contributed by atoms with Crippen molar-refractivity contribution >= 4 is 0 Å². The van der Waals surface area contributed by atoms with Gasteiger partial charge in [0.1, 0.15) is 0 Å². The molecule has 0 radical (unpaired) electrons. The van der Waals surface area contributed by atoms with Gasteiger partial charge >= 0.3 is 0 Å². The number of hydrogen-bond donors (Lipinski definition) is 1. The first kappa shape index (κ1) is 13.0. The predicted octanol–water partition coefficient (Wildman–Crippen LogP) is 2.49. The van der Waals surface area contributed by atoms with Gasteiger partial charge in [-0.3, -0.25) is 4.90 Å². The van der Waals surface area contributed by atoms with Gasteiger partial charge in [-0.05, 0) is 39.7 Å². The van der Waals surface area contributed by atoms with E-state index in [9.17, 15) is 0 Å². The number of nitrogens with zero attached hydrogens (tertiary/aromatic N) is 1. The Hall–Kier alpha value is -0.0800. The summed E-state index contributed by atoms with van der Waals surface area (Å²) >= 11 is 0. The van der Waals surface area contributed by atoms with Crippen molar-refractivity contribution in [3.05, 3.63) is 0 Å². The molecule has 1 unspecified atom stereocenters. The van der Waals surface area contributed by atoms with Crippen molar-refractivity contribution < 1.29 is 0 Å². The predicted molar refractivity (Wildman–Crippen MR) is 67.2 cm³/mol. The van der Waals surface area contributed by atoms with Crippen molar-refractivity contribution in [1.82, 2.24) is 10.2 Å². The number of hydrogen-bond acceptors (Lipinski definition) is 2. The van der Waals surface area contributed by atoms with Crippen molar-refractivity contribution in [1.29, 1.82) is 0 Å². The lowest BCUT2D eigenvalue weighted by atomic mass is 9.95. The Balaban J connectivity index is 2.53. The molecule has 90 valence electrons. The van der Waals surface area contributed by atoms with E-state index in [1.807, 2.05) is 0 Å². The summed E-state index contributed by atoms with van der Waals surface area (Å²) < 4.78 is 0. The summed E-state index contributed by atoms with van der Waals surface area (Å²) in [6.45, 7) is 10.6. The van der Waals surface area contributed by atoms with Crippen molar-refractivity contribution in [2.75, 3.05) is 13.6 Å². The van der Waals surface area contributed by atoms with Gasteiger partial charge in [0, 0.05) is 24.7 Å². The van der Waals surface area contributed by atoms with E-state index in [0.29, 0.717) is 6.04 Å². The fraction of sp³-hybridized carbons (Fsp3) is 1.00. The largest absolute Gasteiger partial charge is 0.315 e. The molecule has 2 heteroatoms. The minimum absolute atomic E-state index is 0.632. The fourth-order valence-electron chi connectivity index (χ4n) is 2.70. The fourth-order valence-corrected chi connectivity index (χ4v) is 2.70. The summed E-state index contributed by atoms with van der Waals surface area (Å²) in [6.07, 6.45) is 4.16. The highest BCUT2D eigenvalue weighted by atomic mass is 15.2. The zero-order valence-electron chi connectivity index (χ0n) is 11.1. The Labute approximate surface area is 95.4 Å². The van der Waals surface area contributed by atoms with Crippen LogP contribution < -0.4 is 5.32 Å². The average molecular weight is 212 g/mol. The molecular formula is C13H28N2. The quantitative estimate of drug-likeness (QED) is 0.770. The third kappa shape index (κ3) is 3.46. The maximum atomic E-state index is 3.45. The molecule has 1 rings (SSSR count). The van der Waals surface area contributed by atoms with Crippen LogP contribution in [-0.4, -0.2) is 36.6 Å². The van der Waals surface area contributed by atoms with Gasteiger partial charge in [-0.25, -0.2) is 0 Å². The molecule has 0 aromatic rings. The van der Waals surface area contributed by atoms with E-state index in [1.165, 1.54) is 25.8 Å². The van der Waals surface area contributed by atoms with E-state index in [1.54, 1.807) is 0 Å². The van der Waals surface area contributed by atoms with Gasteiger partial charge in [0.2, 0.25) is 0 Å². The molecule has 2 nitrogen and oxygen atoms in total. The number of likely N-dealkylation sites (N-methyl/N-ethyl adjacent to an activating group) is 1. The third-order valence-electron chi connectivity index (χ3n) is 3.96. The second-order valence-electron chi connectivity index (χ2n) is 5.46. The smallest absolute Gasteiger partial charge is 0.0215 e. The van der Waals surface area contributed by atoms with Crippen LogP contribution in [0.1, 0.15) is 47.0 Å². The van der Waals surface area contributed by atoms with Crippen LogP contribution in [0.15, 0.2) is 0 Å². The molecule has 1 fully saturated rings. The van der Waals surface area contributed by atoms with Crippen LogP contribution >= 0.6 is 0 Å². The van der Waals surface area contributed by atoms with Gasteiger partial charge in [-0.15, -0.1) is 0 Å². The van der Waals surface area contributed by atoms with Crippen LogP contribution in [-0.2, 0) is 0 Å². The Morgan fingerprint density at radius 3 is 2.13 bits per heavy atom. The Kier molecular flexibility index (Phi) is 5.07. The zero-order valence-corrected chi connectivity index (χ0v) is 11.1. The number of likely N-dealkylation sites (tertiary alicyclic amines) is 1. The molecule has 0 aliphatic carbocycles. The first-order valence-electron chi connectivity index (χ1n) is 6.49. The third-order valence-corrected chi connectivity index (χ3v) is 3.96. The molecule has 3 atom stereocenters. The lowest BCUT2D eigenvalue weighted by Crippen LogP contribution is -2.51. The van der Waals surface area contributed by atoms with E-state index in [-0.39, 0.29) is 0 Å². The lowest BCUT2D eigenvalue weighted by Gasteiger charge is -2.41. The van der Waals surface area contributed by atoms with E-state index < -0.39 is 0 Å². The monoisotopic (exact) mass is 212 g/mol. The summed E-state index contributed by atoms with van der Waals surface area (Å²) in [5.41, 5.74) is 0. The van der Waals surface area contributed by atoms with Gasteiger partial charge in [-0.2, -0.15) is 0 Å². The Morgan fingerprint density at radius 1 is 1.20 bits per heavy atom. The zero-order chi connectivity index (χ0) is 11.4. The molecule has 1 saturated heterocycles. The highest BCUT2D eigenvalue weighted by molar-refractivity contribution is 4.84. The number of rotatable bonds is 4. The van der Waals surface area contributed by atoms with Crippen LogP contribution in [0.4, 0.5) is 0 Å². The minimum atomic E-state index is 0.632. The minimum Gasteiger partial charge on any atom is -0.315 e. The van der Waals surface area contributed by atoms with Crippen LogP contribution in [0.25, 0.3) is 0 Å². The molecule has 0 spiro atoms. The summed E-state index contributed by atoms with van der Waals surface area (Å²) in [5.74, 6) is 0.719. The SMILES string of the molecule is CNC(CN1[C@H](C)CCC[C@@H]1C)C(C)C. The second kappa shape index (κ2) is 5.86. The van der Waals surface area contributed by atoms with Gasteiger partial charge in [0.15, 0.2) is 0 Å². The summed E-state index contributed by atoms with van der Waals surface area (Å²) in [4.78, 5) is 2.69. The molecule has 0 aromatic heterocycles. The van der Waals surface area contributed by atoms with E-state index >= 15 is 0 Å². The van der Waals surface area contributed by atoms with Crippen LogP contribution in [0, 0.1) is 5.92 Å². The van der Waals surface area contributed by atoms with Gasteiger partial charge < -0.3 is 5.32 Å². The summed E-state index contributed by atoms with van der Waals surface area (Å²) in [5, 5.41) is 3.45. The van der Waals surface area contributed by atoms with E-state index in [4.69, 9.17) is 0 Å². The Morgan fingerprint density at radius 2 is 1.73 bits per heavy atom. The molecule has 1 aliphatic heterocycles. The molecule has 1 N–H and O–H groups in total. The van der Waals surface area contributed by atoms with Crippen molar-refractivity contribution in [2.45, 2.75) is 65.1 Å². The molecule has 0 saturated carbocycles. The molecule has 0 amide bonds. The maximum absolute atomic E-state index is 3.45. The molecule has 0 aromatic carbocycles. The summed E-state index contributed by atoms with van der Waals surface area (Å²) in [6, 6.07) is 2.17. The molecule has 1 aliphatic rings. The lowest BCUT2D eigenvalue weighted by molar-refractivity contribution is 0.0849. The molecule has 1 heterocycles. The first-order valence-corrected chi connectivity index (χ1v) is 6.49. The van der Waals surface area contributed by atoms with Crippen molar-refractivity contribution in [3.8, 4) is 0 Å². The molecule has 15 heavy (non-hydrogen) atoms. The van der Waals surface area contributed by atoms with Crippen LogP contribution in [0.2, 0.25) is 0 Å². The topological polar surface area (TPSA) is 15.3 Å².